The number of ether oxygens (including phenoxy) is 4. The fraction of sp³-hybridized carbons (Fsp3) is 0.480. The van der Waals surface area contributed by atoms with Crippen molar-refractivity contribution >= 4 is 5.91 Å². The van der Waals surface area contributed by atoms with Crippen LogP contribution in [-0.2, 0) is 25.4 Å². The van der Waals surface area contributed by atoms with Crippen molar-refractivity contribution in [1.82, 2.24) is 5.32 Å². The third-order valence-corrected chi connectivity index (χ3v) is 5.84. The Morgan fingerprint density at radius 3 is 2.67 bits per heavy atom. The van der Waals surface area contributed by atoms with Gasteiger partial charge < -0.3 is 29.4 Å². The van der Waals surface area contributed by atoms with Crippen molar-refractivity contribution < 1.29 is 33.2 Å². The number of halogens is 1. The van der Waals surface area contributed by atoms with Crippen LogP contribution in [0.4, 0.5) is 4.39 Å². The maximum atomic E-state index is 14.0. The van der Waals surface area contributed by atoms with Gasteiger partial charge in [-0.15, -0.1) is 0 Å². The predicted octanol–water partition coefficient (Wildman–Crippen LogP) is 3.18. The third kappa shape index (κ3) is 5.35. The molecule has 2 aromatic carbocycles. The Hall–Kier alpha value is -2.52. The Balaban J connectivity index is 1.61. The quantitative estimate of drug-likeness (QED) is 0.690. The van der Waals surface area contributed by atoms with Gasteiger partial charge in [0.1, 0.15) is 23.8 Å². The van der Waals surface area contributed by atoms with Gasteiger partial charge in [-0.05, 0) is 68.1 Å². The predicted molar refractivity (Wildman–Crippen MR) is 119 cm³/mol. The van der Waals surface area contributed by atoms with Gasteiger partial charge in [0.05, 0.1) is 6.10 Å². The van der Waals surface area contributed by atoms with E-state index in [2.05, 4.69) is 5.32 Å². The van der Waals surface area contributed by atoms with Gasteiger partial charge in [0.2, 0.25) is 12.2 Å². The number of hydrogen-bond donors (Lipinski definition) is 2. The number of fused-ring (bicyclic) bond motifs is 1. The number of aliphatic hydroxyl groups is 1. The van der Waals surface area contributed by atoms with Crippen LogP contribution in [0.3, 0.4) is 0 Å². The van der Waals surface area contributed by atoms with E-state index in [0.717, 1.165) is 11.1 Å². The van der Waals surface area contributed by atoms with Crippen molar-refractivity contribution in [3.8, 4) is 16.9 Å². The molecule has 0 spiro atoms. The maximum Gasteiger partial charge on any atom is 0.229 e. The van der Waals surface area contributed by atoms with Crippen molar-refractivity contribution in [2.75, 3.05) is 6.54 Å². The van der Waals surface area contributed by atoms with Crippen molar-refractivity contribution in [2.24, 2.45) is 0 Å². The molecule has 2 heterocycles. The molecule has 2 fully saturated rings. The zero-order valence-electron chi connectivity index (χ0n) is 19.2. The average molecular weight is 460 g/mol. The molecule has 2 aromatic rings. The van der Waals surface area contributed by atoms with Gasteiger partial charge in [0, 0.05) is 13.5 Å². The zero-order valence-corrected chi connectivity index (χ0v) is 19.2. The molecule has 0 aliphatic carbocycles. The fourth-order valence-corrected chi connectivity index (χ4v) is 4.30. The normalized spacial score (nSPS) is 28.2. The van der Waals surface area contributed by atoms with E-state index in [0.29, 0.717) is 24.3 Å². The van der Waals surface area contributed by atoms with Crippen LogP contribution in [0.2, 0.25) is 0 Å². The summed E-state index contributed by atoms with van der Waals surface area (Å²) >= 11 is 0. The number of carbonyl (C=O) groups is 1. The number of carbonyl (C=O) groups excluding carboxylic acids is 1. The smallest absolute Gasteiger partial charge is 0.229 e. The molecule has 4 rings (SSSR count). The molecule has 5 atom stereocenters. The summed E-state index contributed by atoms with van der Waals surface area (Å²) in [7, 11) is 0. The first-order chi connectivity index (χ1) is 15.6. The van der Waals surface area contributed by atoms with Gasteiger partial charge in [-0.2, -0.15) is 0 Å². The lowest BCUT2D eigenvalue weighted by Crippen LogP contribution is -2.56. The first kappa shape index (κ1) is 23.6. The molecule has 2 N–H and O–H groups in total. The van der Waals surface area contributed by atoms with Crippen LogP contribution < -0.4 is 10.1 Å². The molecule has 2 aliphatic heterocycles. The molecular weight excluding hydrogens is 429 g/mol. The standard InChI is InChI=1S/C25H30FNO6/c1-14-21(29)22-23(33-25(3,4)32-22)24(30-14)31-19-9-8-16(10-11-27-15(2)28)20(13-19)17-6-5-7-18(26)12-17/h5-9,12-14,21-24,29H,10-11H2,1-4H3,(H,27,28)/t14-,21-,22+,23+,24-/m0/s1. The van der Waals surface area contributed by atoms with Crippen LogP contribution in [0, 0.1) is 5.82 Å². The molecule has 2 aliphatic rings. The van der Waals surface area contributed by atoms with Crippen LogP contribution in [0.1, 0.15) is 33.3 Å². The monoisotopic (exact) mass is 459 g/mol. The summed E-state index contributed by atoms with van der Waals surface area (Å²) in [5.74, 6) is -0.805. The number of amides is 1. The van der Waals surface area contributed by atoms with Gasteiger partial charge >= 0.3 is 0 Å². The Morgan fingerprint density at radius 1 is 1.18 bits per heavy atom. The summed E-state index contributed by atoms with van der Waals surface area (Å²) in [6.45, 7) is 7.26. The number of benzene rings is 2. The minimum Gasteiger partial charge on any atom is -0.462 e. The second-order valence-corrected chi connectivity index (χ2v) is 8.95. The van der Waals surface area contributed by atoms with E-state index in [1.807, 2.05) is 18.2 Å². The van der Waals surface area contributed by atoms with Gasteiger partial charge in [-0.25, -0.2) is 4.39 Å². The molecule has 0 bridgehead atoms. The molecule has 33 heavy (non-hydrogen) atoms. The van der Waals surface area contributed by atoms with E-state index in [4.69, 9.17) is 18.9 Å². The minimum atomic E-state index is -0.869. The topological polar surface area (TPSA) is 86.3 Å². The Bertz CT molecular complexity index is 1010. The van der Waals surface area contributed by atoms with E-state index in [-0.39, 0.29) is 11.7 Å². The van der Waals surface area contributed by atoms with Gasteiger partial charge in [-0.1, -0.05) is 18.2 Å². The van der Waals surface area contributed by atoms with E-state index in [1.165, 1.54) is 19.1 Å². The van der Waals surface area contributed by atoms with Gasteiger partial charge in [0.25, 0.3) is 0 Å². The van der Waals surface area contributed by atoms with Crippen LogP contribution in [0.5, 0.6) is 5.75 Å². The Morgan fingerprint density at radius 2 is 1.94 bits per heavy atom. The molecule has 0 radical (unpaired) electrons. The van der Waals surface area contributed by atoms with Crippen molar-refractivity contribution in [3.63, 3.8) is 0 Å². The largest absolute Gasteiger partial charge is 0.462 e. The van der Waals surface area contributed by atoms with Gasteiger partial charge in [0.15, 0.2) is 11.9 Å². The number of nitrogens with one attached hydrogen (secondary N) is 1. The van der Waals surface area contributed by atoms with E-state index in [1.54, 1.807) is 32.9 Å². The highest BCUT2D eigenvalue weighted by Crippen LogP contribution is 2.39. The summed E-state index contributed by atoms with van der Waals surface area (Å²) in [6, 6.07) is 11.9. The van der Waals surface area contributed by atoms with Crippen LogP contribution in [-0.4, -0.2) is 54.1 Å². The Kier molecular flexibility index (Phi) is 6.72. The summed E-state index contributed by atoms with van der Waals surface area (Å²) < 4.78 is 37.9. The summed E-state index contributed by atoms with van der Waals surface area (Å²) in [6.07, 6.45) is -2.74. The molecule has 8 heteroatoms. The van der Waals surface area contributed by atoms with Crippen LogP contribution in [0.25, 0.3) is 11.1 Å². The highest BCUT2D eigenvalue weighted by atomic mass is 19.1. The zero-order chi connectivity index (χ0) is 23.8. The third-order valence-electron chi connectivity index (χ3n) is 5.84. The first-order valence-electron chi connectivity index (χ1n) is 11.1. The highest BCUT2D eigenvalue weighted by molar-refractivity contribution is 5.73. The number of rotatable bonds is 6. The highest BCUT2D eigenvalue weighted by Gasteiger charge is 2.55. The maximum absolute atomic E-state index is 14.0. The summed E-state index contributed by atoms with van der Waals surface area (Å²) in [4.78, 5) is 11.3. The summed E-state index contributed by atoms with van der Waals surface area (Å²) in [5.41, 5.74) is 2.43. The molecule has 178 valence electrons. The molecule has 0 aromatic heterocycles. The average Bonchev–Trinajstić information content (AvgIpc) is 3.08. The second kappa shape index (κ2) is 9.38. The van der Waals surface area contributed by atoms with Crippen molar-refractivity contribution in [3.05, 3.63) is 53.8 Å². The van der Waals surface area contributed by atoms with Gasteiger partial charge in [-0.3, -0.25) is 4.79 Å². The van der Waals surface area contributed by atoms with Crippen molar-refractivity contribution in [2.45, 2.75) is 70.6 Å². The minimum absolute atomic E-state index is 0.107. The molecule has 0 unspecified atom stereocenters. The lowest BCUT2D eigenvalue weighted by Gasteiger charge is -2.38. The molecule has 7 nitrogen and oxygen atoms in total. The molecule has 1 amide bonds. The summed E-state index contributed by atoms with van der Waals surface area (Å²) in [5, 5.41) is 13.3. The number of aliphatic hydroxyl groups excluding tert-OH is 1. The molecule has 2 saturated heterocycles. The van der Waals surface area contributed by atoms with E-state index >= 15 is 0 Å². The first-order valence-corrected chi connectivity index (χ1v) is 11.1. The molecule has 0 saturated carbocycles. The van der Waals surface area contributed by atoms with Crippen LogP contribution >= 0.6 is 0 Å². The van der Waals surface area contributed by atoms with Crippen LogP contribution in [0.15, 0.2) is 42.5 Å². The Labute approximate surface area is 192 Å². The second-order valence-electron chi connectivity index (χ2n) is 8.95. The SMILES string of the molecule is CC(=O)NCCc1ccc(O[C@@H]2O[C@@H](C)[C@H](O)[C@H]3OC(C)(C)O[C@@H]23)cc1-c1cccc(F)c1. The van der Waals surface area contributed by atoms with Crippen molar-refractivity contribution in [1.29, 1.82) is 0 Å². The lowest BCUT2D eigenvalue weighted by molar-refractivity contribution is -0.241. The number of hydrogen-bond acceptors (Lipinski definition) is 6. The van der Waals surface area contributed by atoms with E-state index in [9.17, 15) is 14.3 Å². The lowest BCUT2D eigenvalue weighted by atomic mass is 9.97. The van der Waals surface area contributed by atoms with E-state index < -0.39 is 36.5 Å². The fourth-order valence-electron chi connectivity index (χ4n) is 4.30. The molecular formula is C25H30FNO6.